The van der Waals surface area contributed by atoms with Crippen molar-refractivity contribution in [2.24, 2.45) is 5.92 Å². The summed E-state index contributed by atoms with van der Waals surface area (Å²) in [6, 6.07) is 11.3. The van der Waals surface area contributed by atoms with Gasteiger partial charge < -0.3 is 0 Å². The van der Waals surface area contributed by atoms with Gasteiger partial charge in [0.15, 0.2) is 5.65 Å². The Balaban J connectivity index is 2.15. The van der Waals surface area contributed by atoms with Crippen LogP contribution in [-0.2, 0) is 0 Å². The Kier molecular flexibility index (Phi) is 3.79. The van der Waals surface area contributed by atoms with E-state index in [1.165, 1.54) is 10.6 Å². The molecule has 3 aromatic rings. The summed E-state index contributed by atoms with van der Waals surface area (Å²) in [7, 11) is 0. The number of aromatic amines is 1. The van der Waals surface area contributed by atoms with Gasteiger partial charge in [-0.1, -0.05) is 37.6 Å². The lowest BCUT2D eigenvalue weighted by atomic mass is 9.86. The van der Waals surface area contributed by atoms with Gasteiger partial charge in [0, 0.05) is 34.5 Å². The molecular formula is C17H18ClN3O. The standard InChI is InChI=1S/C17H18ClN3O/c1-10(2)17(12-4-6-13(18)7-5-12)14-9-15-19-11(3)8-16(22)21(15)20-14/h4-10,17,20H,1-3H3. The van der Waals surface area contributed by atoms with E-state index < -0.39 is 0 Å². The van der Waals surface area contributed by atoms with Crippen molar-refractivity contribution in [3.05, 3.63) is 68.7 Å². The molecule has 3 rings (SSSR count). The number of hydrogen-bond acceptors (Lipinski definition) is 2. The molecule has 0 saturated carbocycles. The zero-order valence-corrected chi connectivity index (χ0v) is 13.6. The van der Waals surface area contributed by atoms with Crippen LogP contribution in [0.4, 0.5) is 0 Å². The molecule has 0 aliphatic heterocycles. The number of halogens is 1. The van der Waals surface area contributed by atoms with Crippen molar-refractivity contribution in [3.63, 3.8) is 0 Å². The van der Waals surface area contributed by atoms with E-state index in [1.54, 1.807) is 0 Å². The van der Waals surface area contributed by atoms with E-state index >= 15 is 0 Å². The third-order valence-electron chi connectivity index (χ3n) is 3.83. The van der Waals surface area contributed by atoms with Crippen LogP contribution in [0.3, 0.4) is 0 Å². The van der Waals surface area contributed by atoms with Crippen LogP contribution in [0.5, 0.6) is 0 Å². The Morgan fingerprint density at radius 3 is 2.50 bits per heavy atom. The van der Waals surface area contributed by atoms with E-state index in [0.29, 0.717) is 11.6 Å². The van der Waals surface area contributed by atoms with Crippen LogP contribution >= 0.6 is 11.6 Å². The molecule has 1 N–H and O–H groups in total. The maximum atomic E-state index is 12.1. The molecule has 1 aromatic carbocycles. The van der Waals surface area contributed by atoms with Gasteiger partial charge in [0.25, 0.3) is 5.56 Å². The second kappa shape index (κ2) is 5.61. The first-order valence-corrected chi connectivity index (χ1v) is 7.68. The van der Waals surface area contributed by atoms with Crippen LogP contribution in [0.15, 0.2) is 41.2 Å². The maximum Gasteiger partial charge on any atom is 0.272 e. The molecular weight excluding hydrogens is 298 g/mol. The minimum Gasteiger partial charge on any atom is -0.293 e. The van der Waals surface area contributed by atoms with Gasteiger partial charge in [-0.2, -0.15) is 0 Å². The highest BCUT2D eigenvalue weighted by molar-refractivity contribution is 6.30. The minimum absolute atomic E-state index is 0.0904. The summed E-state index contributed by atoms with van der Waals surface area (Å²) < 4.78 is 1.49. The van der Waals surface area contributed by atoms with Crippen LogP contribution in [0.2, 0.25) is 5.02 Å². The van der Waals surface area contributed by atoms with Gasteiger partial charge in [-0.3, -0.25) is 9.89 Å². The molecule has 0 amide bonds. The highest BCUT2D eigenvalue weighted by atomic mass is 35.5. The largest absolute Gasteiger partial charge is 0.293 e. The predicted octanol–water partition coefficient (Wildman–Crippen LogP) is 3.77. The van der Waals surface area contributed by atoms with Gasteiger partial charge in [-0.05, 0) is 30.5 Å². The number of benzene rings is 1. The maximum absolute atomic E-state index is 12.1. The SMILES string of the molecule is Cc1cc(=O)n2[nH]c(C(c3ccc(Cl)cc3)C(C)C)cc2n1. The lowest BCUT2D eigenvalue weighted by Crippen LogP contribution is -2.15. The Morgan fingerprint density at radius 1 is 1.18 bits per heavy atom. The molecule has 4 nitrogen and oxygen atoms in total. The first kappa shape index (κ1) is 14.9. The lowest BCUT2D eigenvalue weighted by molar-refractivity contribution is 0.548. The molecule has 0 bridgehead atoms. The Labute approximate surface area is 133 Å². The molecule has 0 radical (unpaired) electrons. The molecule has 0 aliphatic carbocycles. The minimum atomic E-state index is -0.0904. The molecule has 2 aromatic heterocycles. The zero-order chi connectivity index (χ0) is 15.9. The molecule has 0 saturated heterocycles. The predicted molar refractivity (Wildman–Crippen MR) is 88.7 cm³/mol. The molecule has 0 aliphatic rings. The smallest absolute Gasteiger partial charge is 0.272 e. The van der Waals surface area contributed by atoms with Crippen LogP contribution in [-0.4, -0.2) is 14.6 Å². The summed E-state index contributed by atoms with van der Waals surface area (Å²) in [5.74, 6) is 0.518. The van der Waals surface area contributed by atoms with Gasteiger partial charge in [-0.15, -0.1) is 0 Å². The fraction of sp³-hybridized carbons (Fsp3) is 0.294. The van der Waals surface area contributed by atoms with E-state index in [2.05, 4.69) is 23.9 Å². The quantitative estimate of drug-likeness (QED) is 0.799. The summed E-state index contributed by atoms with van der Waals surface area (Å²) in [5.41, 5.74) is 3.43. The first-order valence-electron chi connectivity index (χ1n) is 7.30. The summed E-state index contributed by atoms with van der Waals surface area (Å²) in [6.07, 6.45) is 0. The van der Waals surface area contributed by atoms with Crippen LogP contribution in [0.1, 0.15) is 36.7 Å². The van der Waals surface area contributed by atoms with Crippen LogP contribution < -0.4 is 5.56 Å². The lowest BCUT2D eigenvalue weighted by Gasteiger charge is -2.20. The molecule has 22 heavy (non-hydrogen) atoms. The third-order valence-corrected chi connectivity index (χ3v) is 4.08. The fourth-order valence-electron chi connectivity index (χ4n) is 2.88. The number of fused-ring (bicyclic) bond motifs is 1. The molecule has 1 atom stereocenters. The summed E-state index contributed by atoms with van der Waals surface area (Å²) in [5, 5.41) is 3.91. The number of rotatable bonds is 3. The van der Waals surface area contributed by atoms with Crippen molar-refractivity contribution in [2.45, 2.75) is 26.7 Å². The molecule has 1 unspecified atom stereocenters. The molecule has 5 heteroatoms. The van der Waals surface area contributed by atoms with E-state index in [4.69, 9.17) is 11.6 Å². The zero-order valence-electron chi connectivity index (χ0n) is 12.8. The van der Waals surface area contributed by atoms with Gasteiger partial charge in [0.05, 0.1) is 0 Å². The number of nitrogens with zero attached hydrogens (tertiary/aromatic N) is 2. The topological polar surface area (TPSA) is 50.2 Å². The Bertz CT molecular complexity index is 862. The molecule has 114 valence electrons. The van der Waals surface area contributed by atoms with E-state index in [-0.39, 0.29) is 11.5 Å². The van der Waals surface area contributed by atoms with Crippen molar-refractivity contribution in [1.82, 2.24) is 14.6 Å². The average Bonchev–Trinajstić information content (AvgIpc) is 2.84. The highest BCUT2D eigenvalue weighted by Crippen LogP contribution is 2.31. The third kappa shape index (κ3) is 2.66. The van der Waals surface area contributed by atoms with E-state index in [9.17, 15) is 4.79 Å². The fourth-order valence-corrected chi connectivity index (χ4v) is 3.01. The van der Waals surface area contributed by atoms with Crippen molar-refractivity contribution in [2.75, 3.05) is 0 Å². The summed E-state index contributed by atoms with van der Waals surface area (Å²) in [6.45, 7) is 6.14. The number of aryl methyl sites for hydroxylation is 1. The second-order valence-electron chi connectivity index (χ2n) is 5.91. The monoisotopic (exact) mass is 315 g/mol. The van der Waals surface area contributed by atoms with Gasteiger partial charge in [-0.25, -0.2) is 9.50 Å². The average molecular weight is 316 g/mol. The van der Waals surface area contributed by atoms with Crippen LogP contribution in [0.25, 0.3) is 5.65 Å². The highest BCUT2D eigenvalue weighted by Gasteiger charge is 2.21. The Morgan fingerprint density at radius 2 is 1.86 bits per heavy atom. The Hall–Kier alpha value is -2.07. The summed E-state index contributed by atoms with van der Waals surface area (Å²) >= 11 is 5.98. The second-order valence-corrected chi connectivity index (χ2v) is 6.35. The number of nitrogens with one attached hydrogen (secondary N) is 1. The molecule has 0 fully saturated rings. The van der Waals surface area contributed by atoms with Crippen molar-refractivity contribution >= 4 is 17.2 Å². The van der Waals surface area contributed by atoms with Crippen molar-refractivity contribution < 1.29 is 0 Å². The normalized spacial score (nSPS) is 13.0. The number of hydrogen-bond donors (Lipinski definition) is 1. The van der Waals surface area contributed by atoms with Gasteiger partial charge in [0.2, 0.25) is 0 Å². The van der Waals surface area contributed by atoms with Gasteiger partial charge >= 0.3 is 0 Å². The first-order chi connectivity index (χ1) is 10.5. The van der Waals surface area contributed by atoms with Gasteiger partial charge in [0.1, 0.15) is 0 Å². The summed E-state index contributed by atoms with van der Waals surface area (Å²) in [4.78, 5) is 16.5. The number of H-pyrrole nitrogens is 1. The van der Waals surface area contributed by atoms with Crippen molar-refractivity contribution in [3.8, 4) is 0 Å². The molecule has 0 spiro atoms. The van der Waals surface area contributed by atoms with Crippen LogP contribution in [0, 0.1) is 12.8 Å². The van der Waals surface area contributed by atoms with Crippen molar-refractivity contribution in [1.29, 1.82) is 0 Å². The van der Waals surface area contributed by atoms with E-state index in [1.807, 2.05) is 37.3 Å². The number of aromatic nitrogens is 3. The van der Waals surface area contributed by atoms with E-state index in [0.717, 1.165) is 22.0 Å². The molecule has 2 heterocycles.